The molecule has 2 heterocycles. The highest BCUT2D eigenvalue weighted by Gasteiger charge is 2.26. The molecule has 1 atom stereocenters. The molecule has 76 valence electrons. The lowest BCUT2D eigenvalue weighted by Crippen LogP contribution is -2.39. The van der Waals surface area contributed by atoms with E-state index in [-0.39, 0.29) is 6.04 Å². The molecule has 0 aromatic carbocycles. The molecule has 0 saturated carbocycles. The van der Waals surface area contributed by atoms with E-state index in [2.05, 4.69) is 21.0 Å². The van der Waals surface area contributed by atoms with Crippen LogP contribution in [0.2, 0.25) is 0 Å². The zero-order valence-electron chi connectivity index (χ0n) is 7.64. The van der Waals surface area contributed by atoms with Crippen LogP contribution in [0.1, 0.15) is 18.7 Å². The maximum atomic E-state index is 10.8. The average molecular weight is 260 g/mol. The summed E-state index contributed by atoms with van der Waals surface area (Å²) >= 11 is 3.28. The Hall–Kier alpha value is -1.04. The quantitative estimate of drug-likeness (QED) is 0.772. The van der Waals surface area contributed by atoms with Crippen molar-refractivity contribution in [1.29, 1.82) is 0 Å². The molecule has 1 aliphatic heterocycles. The first kappa shape index (κ1) is 9.51. The molecule has 0 spiro atoms. The van der Waals surface area contributed by atoms with E-state index in [0.717, 1.165) is 10.3 Å². The number of halogens is 1. The molecule has 1 N–H and O–H groups in total. The molecule has 0 aliphatic carbocycles. The van der Waals surface area contributed by atoms with Gasteiger partial charge in [0.2, 0.25) is 0 Å². The molecule has 0 radical (unpaired) electrons. The fourth-order valence-electron chi connectivity index (χ4n) is 1.70. The predicted octanol–water partition coefficient (Wildman–Crippen LogP) is 1.70. The van der Waals surface area contributed by atoms with E-state index in [1.807, 2.05) is 17.7 Å². The normalized spacial score (nSPS) is 20.7. The number of amides is 1. The summed E-state index contributed by atoms with van der Waals surface area (Å²) in [5.41, 5.74) is 0.929. The average Bonchev–Trinajstić information content (AvgIpc) is 2.45. The van der Waals surface area contributed by atoms with Crippen LogP contribution in [-0.2, 0) is 6.54 Å². The number of fused-ring (bicyclic) bond motifs is 1. The van der Waals surface area contributed by atoms with E-state index >= 15 is 0 Å². The van der Waals surface area contributed by atoms with E-state index in [4.69, 9.17) is 5.11 Å². The van der Waals surface area contributed by atoms with Gasteiger partial charge in [0.15, 0.2) is 0 Å². The van der Waals surface area contributed by atoms with Crippen molar-refractivity contribution in [2.75, 3.05) is 6.54 Å². The predicted molar refractivity (Wildman–Crippen MR) is 53.1 cm³/mol. The molecule has 5 nitrogen and oxygen atoms in total. The summed E-state index contributed by atoms with van der Waals surface area (Å²) in [5, 5.41) is 13.1. The van der Waals surface area contributed by atoms with Crippen molar-refractivity contribution in [3.63, 3.8) is 0 Å². The summed E-state index contributed by atoms with van der Waals surface area (Å²) in [6.07, 6.45) is -0.875. The van der Waals surface area contributed by atoms with Gasteiger partial charge in [0.25, 0.3) is 0 Å². The Bertz CT molecular complexity index is 377. The second-order valence-corrected chi connectivity index (χ2v) is 4.23. The van der Waals surface area contributed by atoms with Crippen molar-refractivity contribution in [3.05, 3.63) is 16.4 Å². The Labute approximate surface area is 89.4 Å². The van der Waals surface area contributed by atoms with Crippen LogP contribution in [0, 0.1) is 0 Å². The monoisotopic (exact) mass is 259 g/mol. The lowest BCUT2D eigenvalue weighted by atomic mass is 10.2. The van der Waals surface area contributed by atoms with Crippen molar-refractivity contribution < 1.29 is 9.90 Å². The highest BCUT2D eigenvalue weighted by molar-refractivity contribution is 9.10. The Kier molecular flexibility index (Phi) is 2.22. The summed E-state index contributed by atoms with van der Waals surface area (Å²) in [4.78, 5) is 12.2. The van der Waals surface area contributed by atoms with Crippen LogP contribution >= 0.6 is 15.9 Å². The van der Waals surface area contributed by atoms with Crippen LogP contribution < -0.4 is 0 Å². The third-order valence-corrected chi connectivity index (χ3v) is 2.70. The van der Waals surface area contributed by atoms with Crippen molar-refractivity contribution in [1.82, 2.24) is 14.7 Å². The minimum absolute atomic E-state index is 0.0983. The molecule has 1 unspecified atom stereocenters. The molecule has 0 fully saturated rings. The van der Waals surface area contributed by atoms with Crippen molar-refractivity contribution in [2.45, 2.75) is 19.5 Å². The Morgan fingerprint density at radius 1 is 1.79 bits per heavy atom. The van der Waals surface area contributed by atoms with Gasteiger partial charge in [-0.05, 0) is 28.9 Å². The molecule has 14 heavy (non-hydrogen) atoms. The Morgan fingerprint density at radius 2 is 2.50 bits per heavy atom. The molecule has 6 heteroatoms. The molecule has 1 aliphatic rings. The molecule has 0 bridgehead atoms. The first-order valence-electron chi connectivity index (χ1n) is 4.29. The third-order valence-electron chi connectivity index (χ3n) is 2.31. The minimum atomic E-state index is -0.875. The van der Waals surface area contributed by atoms with Crippen LogP contribution in [0.5, 0.6) is 0 Å². The second-order valence-electron chi connectivity index (χ2n) is 3.42. The fourth-order valence-corrected chi connectivity index (χ4v) is 2.14. The van der Waals surface area contributed by atoms with Gasteiger partial charge in [-0.25, -0.2) is 4.79 Å². The van der Waals surface area contributed by atoms with Crippen LogP contribution in [0.25, 0.3) is 0 Å². The maximum Gasteiger partial charge on any atom is 0.407 e. The van der Waals surface area contributed by atoms with Gasteiger partial charge in [-0.2, -0.15) is 5.10 Å². The summed E-state index contributed by atoms with van der Waals surface area (Å²) in [6.45, 7) is 2.87. The number of nitrogens with zero attached hydrogens (tertiary/aromatic N) is 3. The van der Waals surface area contributed by atoms with Gasteiger partial charge in [-0.15, -0.1) is 0 Å². The van der Waals surface area contributed by atoms with Crippen molar-refractivity contribution >= 4 is 22.0 Å². The Balaban J connectivity index is 2.32. The number of aromatic nitrogens is 2. The topological polar surface area (TPSA) is 58.4 Å². The molecular formula is C8H10BrN3O2. The largest absolute Gasteiger partial charge is 0.465 e. The van der Waals surface area contributed by atoms with Crippen LogP contribution in [0.4, 0.5) is 4.79 Å². The number of carbonyl (C=O) groups is 1. The van der Waals surface area contributed by atoms with Gasteiger partial charge in [0, 0.05) is 6.54 Å². The number of rotatable bonds is 0. The second kappa shape index (κ2) is 3.27. The van der Waals surface area contributed by atoms with Gasteiger partial charge in [0.1, 0.15) is 4.60 Å². The van der Waals surface area contributed by atoms with Gasteiger partial charge in [-0.1, -0.05) is 0 Å². The standard InChI is InChI=1S/C8H10BrN3O2/c1-5-3-11(8(13)14)4-6-2-7(9)10-12(5)6/h2,5H,3-4H2,1H3,(H,13,14). The first-order chi connectivity index (χ1) is 6.58. The van der Waals surface area contributed by atoms with E-state index in [1.54, 1.807) is 0 Å². The highest BCUT2D eigenvalue weighted by atomic mass is 79.9. The number of hydrogen-bond donors (Lipinski definition) is 1. The van der Waals surface area contributed by atoms with Crippen LogP contribution in [0.15, 0.2) is 10.7 Å². The summed E-state index contributed by atoms with van der Waals surface area (Å²) < 4.78 is 2.62. The summed E-state index contributed by atoms with van der Waals surface area (Å²) in [7, 11) is 0. The van der Waals surface area contributed by atoms with E-state index < -0.39 is 6.09 Å². The molecule has 1 aromatic heterocycles. The Morgan fingerprint density at radius 3 is 3.14 bits per heavy atom. The minimum Gasteiger partial charge on any atom is -0.465 e. The lowest BCUT2D eigenvalue weighted by molar-refractivity contribution is 0.122. The number of hydrogen-bond acceptors (Lipinski definition) is 2. The van der Waals surface area contributed by atoms with Gasteiger partial charge in [-0.3, -0.25) is 4.68 Å². The zero-order valence-corrected chi connectivity index (χ0v) is 9.23. The van der Waals surface area contributed by atoms with Gasteiger partial charge < -0.3 is 10.0 Å². The first-order valence-corrected chi connectivity index (χ1v) is 5.09. The van der Waals surface area contributed by atoms with Crippen LogP contribution in [-0.4, -0.2) is 32.4 Å². The SMILES string of the molecule is CC1CN(C(=O)O)Cc2cc(Br)nn21. The summed E-state index contributed by atoms with van der Waals surface area (Å²) in [5.74, 6) is 0. The molecule has 1 amide bonds. The van der Waals surface area contributed by atoms with E-state index in [9.17, 15) is 4.79 Å². The molecular weight excluding hydrogens is 250 g/mol. The lowest BCUT2D eigenvalue weighted by Gasteiger charge is -2.29. The molecule has 2 rings (SSSR count). The molecule has 0 saturated heterocycles. The van der Waals surface area contributed by atoms with Crippen molar-refractivity contribution in [3.8, 4) is 0 Å². The van der Waals surface area contributed by atoms with Gasteiger partial charge >= 0.3 is 6.09 Å². The maximum absolute atomic E-state index is 10.8. The third kappa shape index (κ3) is 1.50. The van der Waals surface area contributed by atoms with Crippen molar-refractivity contribution in [2.24, 2.45) is 0 Å². The van der Waals surface area contributed by atoms with Gasteiger partial charge in [0.05, 0.1) is 18.3 Å². The van der Waals surface area contributed by atoms with E-state index in [1.165, 1.54) is 4.90 Å². The summed E-state index contributed by atoms with van der Waals surface area (Å²) in [6, 6.07) is 1.95. The fraction of sp³-hybridized carbons (Fsp3) is 0.500. The smallest absolute Gasteiger partial charge is 0.407 e. The van der Waals surface area contributed by atoms with E-state index in [0.29, 0.717) is 13.1 Å². The van der Waals surface area contributed by atoms with Crippen LogP contribution in [0.3, 0.4) is 0 Å². The highest BCUT2D eigenvalue weighted by Crippen LogP contribution is 2.23. The molecule has 1 aromatic rings. The zero-order chi connectivity index (χ0) is 10.3. The number of carboxylic acid groups (broad SMARTS) is 1.